The van der Waals surface area contributed by atoms with Gasteiger partial charge in [-0.3, -0.25) is 0 Å². The molecule has 1 nitrogen and oxygen atoms in total. The predicted octanol–water partition coefficient (Wildman–Crippen LogP) is 6.11. The lowest BCUT2D eigenvalue weighted by atomic mass is 9.61. The van der Waals surface area contributed by atoms with Crippen LogP contribution in [0.1, 0.15) is 77.7 Å². The zero-order chi connectivity index (χ0) is 15.1. The van der Waals surface area contributed by atoms with Crippen LogP contribution in [-0.4, -0.2) is 6.61 Å². The number of unbranched alkanes of at least 4 members (excludes halogenated alkanes) is 1. The number of rotatable bonds is 7. The summed E-state index contributed by atoms with van der Waals surface area (Å²) in [5.74, 6) is 1.83. The molecule has 118 valence electrons. The molecular weight excluding hydrogens is 256 g/mol. The van der Waals surface area contributed by atoms with Crippen molar-refractivity contribution in [3.05, 3.63) is 29.8 Å². The molecule has 1 saturated carbocycles. The lowest BCUT2D eigenvalue weighted by Gasteiger charge is -2.43. The zero-order valence-electron chi connectivity index (χ0n) is 14.2. The minimum absolute atomic E-state index is 0.412. The first kappa shape index (κ1) is 16.4. The van der Waals surface area contributed by atoms with Gasteiger partial charge in [-0.1, -0.05) is 58.6 Å². The van der Waals surface area contributed by atoms with Gasteiger partial charge >= 0.3 is 0 Å². The van der Waals surface area contributed by atoms with E-state index in [1.165, 1.54) is 44.9 Å². The first-order chi connectivity index (χ1) is 10.2. The van der Waals surface area contributed by atoms with Gasteiger partial charge in [0, 0.05) is 0 Å². The standard InChI is InChI=1S/C20H32O/c1-4-6-16-21-19-12-10-18(11-13-19)20(14-5-2)15-8-7-9-17(20)3/h10-13,17H,4-9,14-16H2,1-3H3/t17-,20+/m0/s1. The molecule has 1 aliphatic rings. The van der Waals surface area contributed by atoms with Crippen molar-refractivity contribution in [1.82, 2.24) is 0 Å². The summed E-state index contributed by atoms with van der Waals surface area (Å²) in [5.41, 5.74) is 1.95. The number of ether oxygens (including phenoxy) is 1. The summed E-state index contributed by atoms with van der Waals surface area (Å²) in [6.45, 7) is 7.82. The van der Waals surface area contributed by atoms with E-state index in [4.69, 9.17) is 4.74 Å². The molecule has 0 aromatic heterocycles. The molecule has 0 bridgehead atoms. The van der Waals surface area contributed by atoms with Crippen LogP contribution in [0, 0.1) is 5.92 Å². The largest absolute Gasteiger partial charge is 0.494 e. The van der Waals surface area contributed by atoms with E-state index in [-0.39, 0.29) is 0 Å². The van der Waals surface area contributed by atoms with E-state index in [2.05, 4.69) is 45.0 Å². The molecule has 2 atom stereocenters. The minimum Gasteiger partial charge on any atom is -0.494 e. The molecule has 0 amide bonds. The molecule has 0 aliphatic heterocycles. The van der Waals surface area contributed by atoms with Crippen LogP contribution in [0.4, 0.5) is 0 Å². The lowest BCUT2D eigenvalue weighted by Crippen LogP contribution is -2.36. The quantitative estimate of drug-likeness (QED) is 0.550. The predicted molar refractivity (Wildman–Crippen MR) is 91.1 cm³/mol. The van der Waals surface area contributed by atoms with Gasteiger partial charge in [-0.05, 0) is 54.7 Å². The summed E-state index contributed by atoms with van der Waals surface area (Å²) >= 11 is 0. The van der Waals surface area contributed by atoms with Crippen LogP contribution in [0.2, 0.25) is 0 Å². The minimum atomic E-state index is 0.412. The summed E-state index contributed by atoms with van der Waals surface area (Å²) in [6, 6.07) is 9.03. The molecule has 2 rings (SSSR count). The van der Waals surface area contributed by atoms with Crippen molar-refractivity contribution < 1.29 is 4.74 Å². The van der Waals surface area contributed by atoms with Crippen LogP contribution >= 0.6 is 0 Å². The van der Waals surface area contributed by atoms with Crippen LogP contribution in [0.25, 0.3) is 0 Å². The van der Waals surface area contributed by atoms with Gasteiger partial charge in [-0.15, -0.1) is 0 Å². The van der Waals surface area contributed by atoms with Gasteiger partial charge in [0.05, 0.1) is 6.61 Å². The zero-order valence-corrected chi connectivity index (χ0v) is 14.2. The van der Waals surface area contributed by atoms with E-state index in [1.54, 1.807) is 5.56 Å². The van der Waals surface area contributed by atoms with Crippen LogP contribution < -0.4 is 4.74 Å². The maximum Gasteiger partial charge on any atom is 0.119 e. The third-order valence-electron chi connectivity index (χ3n) is 5.35. The van der Waals surface area contributed by atoms with E-state index in [9.17, 15) is 0 Å². The van der Waals surface area contributed by atoms with Crippen LogP contribution in [-0.2, 0) is 5.41 Å². The van der Waals surface area contributed by atoms with Crippen molar-refractivity contribution in [2.45, 2.75) is 77.6 Å². The first-order valence-corrected chi connectivity index (χ1v) is 8.96. The Morgan fingerprint density at radius 3 is 2.48 bits per heavy atom. The molecule has 0 heterocycles. The fourth-order valence-electron chi connectivity index (χ4n) is 4.02. The van der Waals surface area contributed by atoms with Crippen LogP contribution in [0.3, 0.4) is 0 Å². The van der Waals surface area contributed by atoms with Crippen molar-refractivity contribution in [3.8, 4) is 5.75 Å². The first-order valence-electron chi connectivity index (χ1n) is 8.96. The molecule has 0 N–H and O–H groups in total. The van der Waals surface area contributed by atoms with E-state index in [1.807, 2.05) is 0 Å². The Bertz CT molecular complexity index is 404. The van der Waals surface area contributed by atoms with E-state index in [0.717, 1.165) is 24.7 Å². The SMILES string of the molecule is CCCCOc1ccc([C@]2(CCC)CCCC[C@@H]2C)cc1. The number of benzene rings is 1. The third kappa shape index (κ3) is 3.81. The normalized spacial score (nSPS) is 25.8. The van der Waals surface area contributed by atoms with Crippen molar-refractivity contribution in [2.24, 2.45) is 5.92 Å². The van der Waals surface area contributed by atoms with E-state index in [0.29, 0.717) is 5.41 Å². The Morgan fingerprint density at radius 1 is 1.10 bits per heavy atom. The van der Waals surface area contributed by atoms with Gasteiger partial charge in [0.15, 0.2) is 0 Å². The maximum atomic E-state index is 5.81. The molecule has 1 aromatic rings. The Balaban J connectivity index is 2.13. The second-order valence-electron chi connectivity index (χ2n) is 6.78. The fourth-order valence-corrected chi connectivity index (χ4v) is 4.02. The molecule has 0 spiro atoms. The Labute approximate surface area is 131 Å². The van der Waals surface area contributed by atoms with Gasteiger partial charge in [0.1, 0.15) is 5.75 Å². The third-order valence-corrected chi connectivity index (χ3v) is 5.35. The number of hydrogen-bond acceptors (Lipinski definition) is 1. The summed E-state index contributed by atoms with van der Waals surface area (Å²) in [7, 11) is 0. The molecule has 1 heteroatoms. The van der Waals surface area contributed by atoms with Crippen LogP contribution in [0.15, 0.2) is 24.3 Å². The van der Waals surface area contributed by atoms with Crippen LogP contribution in [0.5, 0.6) is 5.75 Å². The Kier molecular flexibility index (Phi) is 6.14. The van der Waals surface area contributed by atoms with Crippen molar-refractivity contribution >= 4 is 0 Å². The maximum absolute atomic E-state index is 5.81. The average Bonchev–Trinajstić information content (AvgIpc) is 2.51. The fraction of sp³-hybridized carbons (Fsp3) is 0.700. The van der Waals surface area contributed by atoms with Crippen molar-refractivity contribution in [1.29, 1.82) is 0 Å². The monoisotopic (exact) mass is 288 g/mol. The summed E-state index contributed by atoms with van der Waals surface area (Å²) in [6.07, 6.45) is 10.5. The molecule has 0 saturated heterocycles. The highest BCUT2D eigenvalue weighted by molar-refractivity contribution is 5.33. The number of hydrogen-bond donors (Lipinski definition) is 0. The second-order valence-corrected chi connectivity index (χ2v) is 6.78. The lowest BCUT2D eigenvalue weighted by molar-refractivity contribution is 0.184. The summed E-state index contributed by atoms with van der Waals surface area (Å²) in [5, 5.41) is 0. The molecule has 0 radical (unpaired) electrons. The van der Waals surface area contributed by atoms with Gasteiger partial charge in [0.25, 0.3) is 0 Å². The van der Waals surface area contributed by atoms with E-state index >= 15 is 0 Å². The van der Waals surface area contributed by atoms with Crippen molar-refractivity contribution in [3.63, 3.8) is 0 Å². The summed E-state index contributed by atoms with van der Waals surface area (Å²) < 4.78 is 5.81. The highest BCUT2D eigenvalue weighted by Gasteiger charge is 2.38. The van der Waals surface area contributed by atoms with Gasteiger partial charge in [-0.25, -0.2) is 0 Å². The van der Waals surface area contributed by atoms with Gasteiger partial charge in [0.2, 0.25) is 0 Å². The molecule has 0 unspecified atom stereocenters. The topological polar surface area (TPSA) is 9.23 Å². The molecule has 1 fully saturated rings. The second kappa shape index (κ2) is 7.87. The van der Waals surface area contributed by atoms with Gasteiger partial charge in [-0.2, -0.15) is 0 Å². The van der Waals surface area contributed by atoms with Crippen molar-refractivity contribution in [2.75, 3.05) is 6.61 Å². The Morgan fingerprint density at radius 2 is 1.86 bits per heavy atom. The molecule has 1 aliphatic carbocycles. The average molecular weight is 288 g/mol. The molecule has 21 heavy (non-hydrogen) atoms. The molecule has 1 aromatic carbocycles. The Hall–Kier alpha value is -0.980. The summed E-state index contributed by atoms with van der Waals surface area (Å²) in [4.78, 5) is 0. The molecular formula is C20H32O. The highest BCUT2D eigenvalue weighted by atomic mass is 16.5. The van der Waals surface area contributed by atoms with Gasteiger partial charge < -0.3 is 4.74 Å². The van der Waals surface area contributed by atoms with E-state index < -0.39 is 0 Å². The smallest absolute Gasteiger partial charge is 0.119 e. The highest BCUT2D eigenvalue weighted by Crippen LogP contribution is 2.47.